The highest BCUT2D eigenvalue weighted by Gasteiger charge is 2.34. The quantitative estimate of drug-likeness (QED) is 0.213. The third-order valence-electron chi connectivity index (χ3n) is 7.33. The van der Waals surface area contributed by atoms with E-state index in [1.54, 1.807) is 32.0 Å². The number of aryl methyl sites for hydroxylation is 2. The van der Waals surface area contributed by atoms with Crippen LogP contribution in [-0.4, -0.2) is 11.0 Å². The van der Waals surface area contributed by atoms with Gasteiger partial charge in [0.05, 0.1) is 18.0 Å². The molecule has 5 aromatic rings. The Kier molecular flexibility index (Phi) is 6.98. The van der Waals surface area contributed by atoms with Gasteiger partial charge in [0.1, 0.15) is 11.3 Å². The number of hydrogen-bond acceptors (Lipinski definition) is 4. The van der Waals surface area contributed by atoms with Crippen molar-refractivity contribution in [1.29, 1.82) is 0 Å². The number of aromatic nitrogens is 1. The molecule has 0 aliphatic carbocycles. The number of fused-ring (bicyclic) bond motifs is 1. The van der Waals surface area contributed by atoms with Crippen molar-refractivity contribution in [2.45, 2.75) is 45.8 Å². The first-order valence-electron chi connectivity index (χ1n) is 13.0. The number of carbonyl (C=O) groups excluding carboxylic acids is 1. The van der Waals surface area contributed by atoms with Crippen LogP contribution < -0.4 is 10.0 Å². The Morgan fingerprint density at radius 3 is 2.51 bits per heavy atom. The molecule has 0 saturated carbocycles. The smallest absolute Gasteiger partial charge is 0.225 e. The molecule has 2 heterocycles. The van der Waals surface area contributed by atoms with Crippen LogP contribution in [0, 0.1) is 26.0 Å². The zero-order valence-electron chi connectivity index (χ0n) is 22.6. The van der Waals surface area contributed by atoms with Crippen LogP contribution in [0.15, 0.2) is 95.5 Å². The maximum Gasteiger partial charge on any atom is 0.225 e. The standard InChI is InChI=1S/C33H32N2O4/c1-21-12-14-27(22(2)17-21)32(25-9-6-5-7-10-25)34-31(36)19-24-13-15-29-26(18-24)20-30(39-29)33(4,37)28-11-8-16-35(38)23(28)3/h5-18,20,32,37H,19H2,1-4H3,(H,34,36)/t32-,33?/m0/s1. The van der Waals surface area contributed by atoms with E-state index in [1.165, 1.54) is 11.8 Å². The van der Waals surface area contributed by atoms with Crippen molar-refractivity contribution < 1.29 is 19.0 Å². The summed E-state index contributed by atoms with van der Waals surface area (Å²) in [6.07, 6.45) is 1.59. The number of nitrogens with one attached hydrogen (secondary N) is 1. The van der Waals surface area contributed by atoms with Gasteiger partial charge in [-0.3, -0.25) is 4.79 Å². The minimum Gasteiger partial charge on any atom is -0.619 e. The molecule has 6 heteroatoms. The van der Waals surface area contributed by atoms with E-state index in [-0.39, 0.29) is 18.4 Å². The Morgan fingerprint density at radius 2 is 1.77 bits per heavy atom. The van der Waals surface area contributed by atoms with Crippen molar-refractivity contribution in [2.24, 2.45) is 0 Å². The minimum atomic E-state index is -1.50. The van der Waals surface area contributed by atoms with Gasteiger partial charge in [-0.15, -0.1) is 0 Å². The topological polar surface area (TPSA) is 89.4 Å². The molecule has 1 unspecified atom stereocenters. The van der Waals surface area contributed by atoms with Crippen molar-refractivity contribution in [1.82, 2.24) is 5.32 Å². The number of aliphatic hydroxyl groups is 1. The molecule has 0 aliphatic rings. The van der Waals surface area contributed by atoms with Gasteiger partial charge in [-0.1, -0.05) is 60.2 Å². The Balaban J connectivity index is 1.40. The molecule has 0 saturated heterocycles. The molecule has 2 N–H and O–H groups in total. The summed E-state index contributed by atoms with van der Waals surface area (Å²) in [7, 11) is 0. The number of rotatable bonds is 7. The fourth-order valence-electron chi connectivity index (χ4n) is 5.19. The monoisotopic (exact) mass is 520 g/mol. The fraction of sp³-hybridized carbons (Fsp3) is 0.212. The summed E-state index contributed by atoms with van der Waals surface area (Å²) >= 11 is 0. The molecular weight excluding hydrogens is 488 g/mol. The summed E-state index contributed by atoms with van der Waals surface area (Å²) in [5.41, 5.74) is 5.18. The van der Waals surface area contributed by atoms with Gasteiger partial charge in [0.2, 0.25) is 5.91 Å². The molecule has 2 atom stereocenters. The van der Waals surface area contributed by atoms with Gasteiger partial charge in [0, 0.05) is 18.4 Å². The Hall–Kier alpha value is -4.42. The maximum absolute atomic E-state index is 13.3. The van der Waals surface area contributed by atoms with E-state index < -0.39 is 5.60 Å². The Morgan fingerprint density at radius 1 is 1.00 bits per heavy atom. The molecule has 0 bridgehead atoms. The molecule has 198 valence electrons. The molecule has 2 aromatic heterocycles. The number of pyridine rings is 1. The van der Waals surface area contributed by atoms with Crippen molar-refractivity contribution in [2.75, 3.05) is 0 Å². The van der Waals surface area contributed by atoms with Crippen LogP contribution in [0.4, 0.5) is 0 Å². The predicted molar refractivity (Wildman–Crippen MR) is 151 cm³/mol. The summed E-state index contributed by atoms with van der Waals surface area (Å²) in [4.78, 5) is 13.3. The van der Waals surface area contributed by atoms with Crippen LogP contribution in [0.25, 0.3) is 11.0 Å². The Bertz CT molecular complexity index is 1650. The number of carbonyl (C=O) groups is 1. The highest BCUT2D eigenvalue weighted by Crippen LogP contribution is 2.34. The SMILES string of the molecule is Cc1ccc([C@@H](NC(=O)Cc2ccc3oc(C(C)(O)c4ccc[n+]([O-])c4C)cc3c2)c2ccccc2)c(C)c1. The molecule has 5 rings (SSSR count). The van der Waals surface area contributed by atoms with E-state index >= 15 is 0 Å². The number of nitrogens with zero attached hydrogens (tertiary/aromatic N) is 1. The van der Waals surface area contributed by atoms with Crippen LogP contribution in [0.3, 0.4) is 0 Å². The van der Waals surface area contributed by atoms with Gasteiger partial charge in [0.15, 0.2) is 17.5 Å². The average molecular weight is 521 g/mol. The van der Waals surface area contributed by atoms with Crippen LogP contribution in [0.1, 0.15) is 57.8 Å². The summed E-state index contributed by atoms with van der Waals surface area (Å²) in [6.45, 7) is 7.40. The highest BCUT2D eigenvalue weighted by atomic mass is 16.5. The third kappa shape index (κ3) is 5.29. The largest absolute Gasteiger partial charge is 0.619 e. The van der Waals surface area contributed by atoms with Gasteiger partial charge in [-0.25, -0.2) is 0 Å². The lowest BCUT2D eigenvalue weighted by Gasteiger charge is -2.22. The average Bonchev–Trinajstić information content (AvgIpc) is 3.34. The van der Waals surface area contributed by atoms with Gasteiger partial charge < -0.3 is 20.0 Å². The molecule has 6 nitrogen and oxygen atoms in total. The van der Waals surface area contributed by atoms with Gasteiger partial charge in [0.25, 0.3) is 0 Å². The van der Waals surface area contributed by atoms with E-state index in [0.717, 1.165) is 32.4 Å². The lowest BCUT2D eigenvalue weighted by atomic mass is 9.92. The lowest BCUT2D eigenvalue weighted by Crippen LogP contribution is -2.35. The molecule has 0 spiro atoms. The van der Waals surface area contributed by atoms with Crippen molar-refractivity contribution in [3.63, 3.8) is 0 Å². The number of hydrogen-bond donors (Lipinski definition) is 2. The zero-order valence-corrected chi connectivity index (χ0v) is 22.6. The van der Waals surface area contributed by atoms with E-state index in [2.05, 4.69) is 37.4 Å². The Labute approximate surface area is 228 Å². The van der Waals surface area contributed by atoms with E-state index in [0.29, 0.717) is 22.6 Å². The van der Waals surface area contributed by atoms with Gasteiger partial charge >= 0.3 is 0 Å². The zero-order chi connectivity index (χ0) is 27.7. The van der Waals surface area contributed by atoms with Crippen LogP contribution >= 0.6 is 0 Å². The molecular formula is C33H32N2O4. The fourth-order valence-corrected chi connectivity index (χ4v) is 5.19. The second kappa shape index (κ2) is 10.4. The maximum atomic E-state index is 13.3. The van der Waals surface area contributed by atoms with Crippen molar-refractivity contribution in [3.05, 3.63) is 141 Å². The van der Waals surface area contributed by atoms with Crippen molar-refractivity contribution >= 4 is 16.9 Å². The lowest BCUT2D eigenvalue weighted by molar-refractivity contribution is -0.613. The van der Waals surface area contributed by atoms with Crippen LogP contribution in [0.2, 0.25) is 0 Å². The van der Waals surface area contributed by atoms with E-state index in [1.807, 2.05) is 48.5 Å². The van der Waals surface area contributed by atoms with Gasteiger partial charge in [-0.05, 0) is 67.3 Å². The number of benzene rings is 3. The van der Waals surface area contributed by atoms with Crippen LogP contribution in [0.5, 0.6) is 0 Å². The minimum absolute atomic E-state index is 0.0983. The molecule has 0 radical (unpaired) electrons. The van der Waals surface area contributed by atoms with Gasteiger partial charge in [-0.2, -0.15) is 4.73 Å². The second-order valence-corrected chi connectivity index (χ2v) is 10.3. The molecule has 3 aromatic carbocycles. The summed E-state index contributed by atoms with van der Waals surface area (Å²) in [6, 6.07) is 26.6. The first kappa shape index (κ1) is 26.2. The number of furan rings is 1. The summed E-state index contributed by atoms with van der Waals surface area (Å²) < 4.78 is 6.71. The summed E-state index contributed by atoms with van der Waals surface area (Å²) in [5, 5.41) is 27.4. The first-order valence-corrected chi connectivity index (χ1v) is 13.0. The predicted octanol–water partition coefficient (Wildman–Crippen LogP) is 5.70. The second-order valence-electron chi connectivity index (χ2n) is 10.3. The molecule has 0 fully saturated rings. The van der Waals surface area contributed by atoms with Crippen molar-refractivity contribution in [3.8, 4) is 0 Å². The van der Waals surface area contributed by atoms with E-state index in [4.69, 9.17) is 4.42 Å². The highest BCUT2D eigenvalue weighted by molar-refractivity contribution is 5.83. The first-order chi connectivity index (χ1) is 18.6. The van der Waals surface area contributed by atoms with E-state index in [9.17, 15) is 15.1 Å². The molecule has 1 amide bonds. The van der Waals surface area contributed by atoms with Crippen LogP contribution in [-0.2, 0) is 16.8 Å². The number of amides is 1. The molecule has 0 aliphatic heterocycles. The normalized spacial score (nSPS) is 13.7. The molecule has 39 heavy (non-hydrogen) atoms. The third-order valence-corrected chi connectivity index (χ3v) is 7.33. The summed E-state index contributed by atoms with van der Waals surface area (Å²) in [5.74, 6) is 0.228.